The molecule has 3 unspecified atom stereocenters. The van der Waals surface area contributed by atoms with Crippen LogP contribution in [0, 0.1) is 0 Å². The highest BCUT2D eigenvalue weighted by atomic mass is 16.5. The second-order valence-electron chi connectivity index (χ2n) is 7.88. The average molecular weight is 321 g/mol. The molecule has 0 N–H and O–H groups in total. The van der Waals surface area contributed by atoms with Crippen molar-refractivity contribution in [3.05, 3.63) is 54.1 Å². The number of fused-ring (bicyclic) bond motifs is 1. The fraction of sp³-hybridized carbons (Fsp3) is 0.429. The van der Waals surface area contributed by atoms with Crippen LogP contribution in [0.4, 0.5) is 0 Å². The van der Waals surface area contributed by atoms with Gasteiger partial charge in [-0.3, -0.25) is 4.48 Å². The molecule has 5 rings (SSSR count). The largest absolute Gasteiger partial charge is 0.440 e. The Morgan fingerprint density at radius 3 is 2.67 bits per heavy atom. The number of benzene rings is 2. The third-order valence-electron chi connectivity index (χ3n) is 6.44. The summed E-state index contributed by atoms with van der Waals surface area (Å²) in [5.74, 6) is 1.10. The first-order valence-electron chi connectivity index (χ1n) is 9.11. The number of rotatable bonds is 1. The van der Waals surface area contributed by atoms with Crippen molar-refractivity contribution in [2.24, 2.45) is 0 Å². The molecule has 0 spiro atoms. The zero-order valence-corrected chi connectivity index (χ0v) is 14.5. The molecule has 0 aromatic heterocycles. The summed E-state index contributed by atoms with van der Waals surface area (Å²) in [5.41, 5.74) is 3.67. The Balaban J connectivity index is 1.74. The molecule has 0 radical (unpaired) electrons. The summed E-state index contributed by atoms with van der Waals surface area (Å²) in [7, 11) is 0. The zero-order valence-electron chi connectivity index (χ0n) is 14.5. The van der Waals surface area contributed by atoms with Crippen molar-refractivity contribution in [1.82, 2.24) is 4.90 Å². The predicted molar refractivity (Wildman–Crippen MR) is 95.5 cm³/mol. The normalized spacial score (nSPS) is 32.6. The molecule has 2 aromatic rings. The second kappa shape index (κ2) is 4.84. The quantitative estimate of drug-likeness (QED) is 0.736. The molecular formula is C21H25N2O+. The fourth-order valence-electron chi connectivity index (χ4n) is 5.24. The van der Waals surface area contributed by atoms with E-state index < -0.39 is 0 Å². The number of hydrogen-bond acceptors (Lipinski definition) is 2. The van der Waals surface area contributed by atoms with Gasteiger partial charge in [-0.05, 0) is 11.6 Å². The number of quaternary nitrogens is 1. The van der Waals surface area contributed by atoms with Gasteiger partial charge in [-0.25, -0.2) is 4.90 Å². The van der Waals surface area contributed by atoms with Crippen LogP contribution >= 0.6 is 0 Å². The Kier molecular flexibility index (Phi) is 2.92. The molecule has 2 fully saturated rings. The maximum absolute atomic E-state index is 6.74. The average Bonchev–Trinajstić information content (AvgIpc) is 2.83. The highest BCUT2D eigenvalue weighted by molar-refractivity contribution is 5.72. The summed E-state index contributed by atoms with van der Waals surface area (Å²) in [4.78, 5) is 2.68. The van der Waals surface area contributed by atoms with Gasteiger partial charge >= 0.3 is 0 Å². The van der Waals surface area contributed by atoms with Gasteiger partial charge in [0, 0.05) is 32.4 Å². The fourth-order valence-corrected chi connectivity index (χ4v) is 5.24. The van der Waals surface area contributed by atoms with Crippen molar-refractivity contribution in [3.8, 4) is 16.9 Å². The molecule has 3 heterocycles. The minimum absolute atomic E-state index is 0.183. The Labute approximate surface area is 144 Å². The molecule has 2 aromatic carbocycles. The van der Waals surface area contributed by atoms with E-state index in [1.807, 2.05) is 0 Å². The van der Waals surface area contributed by atoms with Gasteiger partial charge in [-0.1, -0.05) is 42.5 Å². The minimum atomic E-state index is -0.183. The first-order valence-corrected chi connectivity index (χ1v) is 9.11. The SMILES string of the molecule is CC1(C)Oc2c(-c3ccccc3)cccc2C2N3CCC[N+]21CC3. The van der Waals surface area contributed by atoms with Crippen molar-refractivity contribution in [2.75, 3.05) is 26.2 Å². The molecule has 124 valence electrons. The van der Waals surface area contributed by atoms with Crippen molar-refractivity contribution in [2.45, 2.75) is 32.2 Å². The van der Waals surface area contributed by atoms with E-state index in [0.717, 1.165) is 10.2 Å². The van der Waals surface area contributed by atoms with E-state index in [2.05, 4.69) is 67.3 Å². The van der Waals surface area contributed by atoms with Crippen molar-refractivity contribution >= 4 is 0 Å². The van der Waals surface area contributed by atoms with E-state index in [-0.39, 0.29) is 5.72 Å². The van der Waals surface area contributed by atoms with Crippen LogP contribution in [0.15, 0.2) is 48.5 Å². The first-order chi connectivity index (χ1) is 11.6. The van der Waals surface area contributed by atoms with Crippen LogP contribution in [0.3, 0.4) is 0 Å². The van der Waals surface area contributed by atoms with Crippen molar-refractivity contribution in [3.63, 3.8) is 0 Å². The van der Waals surface area contributed by atoms with Crippen molar-refractivity contribution in [1.29, 1.82) is 0 Å². The molecule has 3 aliphatic rings. The van der Waals surface area contributed by atoms with Crippen LogP contribution in [0.1, 0.15) is 32.0 Å². The zero-order chi connectivity index (χ0) is 16.4. The Bertz CT molecular complexity index is 782. The number of para-hydroxylation sites is 1. The van der Waals surface area contributed by atoms with E-state index in [0.29, 0.717) is 6.17 Å². The first kappa shape index (κ1) is 14.5. The molecule has 3 atom stereocenters. The Morgan fingerprint density at radius 1 is 1.00 bits per heavy atom. The van der Waals surface area contributed by atoms with Gasteiger partial charge in [-0.15, -0.1) is 0 Å². The summed E-state index contributed by atoms with van der Waals surface area (Å²) < 4.78 is 7.81. The third kappa shape index (κ3) is 1.74. The molecule has 0 saturated carbocycles. The van der Waals surface area contributed by atoms with Gasteiger partial charge in [-0.2, -0.15) is 0 Å². The van der Waals surface area contributed by atoms with Gasteiger partial charge in [0.1, 0.15) is 5.75 Å². The lowest BCUT2D eigenvalue weighted by molar-refractivity contribution is -1.02. The summed E-state index contributed by atoms with van der Waals surface area (Å²) in [5, 5.41) is 0. The van der Waals surface area contributed by atoms with E-state index in [4.69, 9.17) is 4.74 Å². The van der Waals surface area contributed by atoms with E-state index in [1.165, 1.54) is 49.3 Å². The Morgan fingerprint density at radius 2 is 1.83 bits per heavy atom. The van der Waals surface area contributed by atoms with Crippen LogP contribution in [0.5, 0.6) is 5.75 Å². The van der Waals surface area contributed by atoms with Crippen LogP contribution in [0.25, 0.3) is 11.1 Å². The van der Waals surface area contributed by atoms with Crippen LogP contribution in [0.2, 0.25) is 0 Å². The molecule has 24 heavy (non-hydrogen) atoms. The van der Waals surface area contributed by atoms with Gasteiger partial charge < -0.3 is 4.74 Å². The van der Waals surface area contributed by atoms with Crippen LogP contribution in [-0.2, 0) is 0 Å². The van der Waals surface area contributed by atoms with Crippen molar-refractivity contribution < 1.29 is 9.22 Å². The number of ether oxygens (including phenoxy) is 1. The summed E-state index contributed by atoms with van der Waals surface area (Å²) >= 11 is 0. The maximum Gasteiger partial charge on any atom is 0.239 e. The monoisotopic (exact) mass is 321 g/mol. The number of hydrogen-bond donors (Lipinski definition) is 0. The second-order valence-corrected chi connectivity index (χ2v) is 7.88. The molecule has 0 aliphatic carbocycles. The summed E-state index contributed by atoms with van der Waals surface area (Å²) in [6.07, 6.45) is 1.73. The topological polar surface area (TPSA) is 12.5 Å². The standard InChI is InChI=1S/C21H25N2O/c1-21(2)23-14-7-12-22(13-15-23)20(23)18-11-6-10-17(19(18)24-21)16-8-4-3-5-9-16/h3-6,8-11,20H,7,12-15H2,1-2H3/q+1. The highest BCUT2D eigenvalue weighted by Crippen LogP contribution is 2.55. The molecule has 3 aliphatic heterocycles. The highest BCUT2D eigenvalue weighted by Gasteiger charge is 2.62. The van der Waals surface area contributed by atoms with E-state index >= 15 is 0 Å². The molecule has 3 nitrogen and oxygen atoms in total. The molecule has 3 heteroatoms. The van der Waals surface area contributed by atoms with E-state index in [1.54, 1.807) is 0 Å². The summed E-state index contributed by atoms with van der Waals surface area (Å²) in [6.45, 7) is 9.41. The van der Waals surface area contributed by atoms with Crippen LogP contribution in [-0.4, -0.2) is 41.3 Å². The van der Waals surface area contributed by atoms with Gasteiger partial charge in [0.15, 0.2) is 6.17 Å². The van der Waals surface area contributed by atoms with Gasteiger partial charge in [0.2, 0.25) is 5.72 Å². The third-order valence-corrected chi connectivity index (χ3v) is 6.44. The lowest BCUT2D eigenvalue weighted by atomic mass is 9.93. The molecular weight excluding hydrogens is 296 g/mol. The predicted octanol–water partition coefficient (Wildman–Crippen LogP) is 4.02. The molecule has 2 saturated heterocycles. The van der Waals surface area contributed by atoms with Gasteiger partial charge in [0.25, 0.3) is 0 Å². The maximum atomic E-state index is 6.74. The summed E-state index contributed by atoms with van der Waals surface area (Å²) in [6, 6.07) is 17.3. The minimum Gasteiger partial charge on any atom is -0.440 e. The van der Waals surface area contributed by atoms with Gasteiger partial charge in [0.05, 0.1) is 25.2 Å². The molecule has 0 amide bonds. The lowest BCUT2D eigenvalue weighted by Crippen LogP contribution is -2.68. The molecule has 2 bridgehead atoms. The van der Waals surface area contributed by atoms with Crippen LogP contribution < -0.4 is 4.74 Å². The smallest absolute Gasteiger partial charge is 0.239 e. The number of nitrogens with zero attached hydrogens (tertiary/aromatic N) is 2. The lowest BCUT2D eigenvalue weighted by Gasteiger charge is -2.56. The Hall–Kier alpha value is -1.84. The van der Waals surface area contributed by atoms with E-state index in [9.17, 15) is 0 Å².